The molecule has 90 valence electrons. The van der Waals surface area contributed by atoms with Crippen molar-refractivity contribution in [3.05, 3.63) is 0 Å². The largest absolute Gasteiger partial charge is 0.471 e. The Labute approximate surface area is 88.2 Å². The molecule has 0 aliphatic heterocycles. The fraction of sp³-hybridized carbons (Fsp3) is 0.900. The lowest BCUT2D eigenvalue weighted by molar-refractivity contribution is -0.174. The minimum absolute atomic E-state index is 0.0921. The Kier molecular flexibility index (Phi) is 5.11. The highest BCUT2D eigenvalue weighted by molar-refractivity contribution is 5.81. The van der Waals surface area contributed by atoms with Gasteiger partial charge in [0, 0.05) is 6.54 Å². The van der Waals surface area contributed by atoms with Gasteiger partial charge in [0.25, 0.3) is 0 Å². The monoisotopic (exact) mass is 225 g/mol. The second kappa shape index (κ2) is 5.37. The smallest absolute Gasteiger partial charge is 0.348 e. The molecule has 1 amide bonds. The third-order valence-electron chi connectivity index (χ3n) is 3.13. The van der Waals surface area contributed by atoms with Crippen LogP contribution in [0.25, 0.3) is 0 Å². The summed E-state index contributed by atoms with van der Waals surface area (Å²) in [5.41, 5.74) is -0.207. The first kappa shape index (κ1) is 14.3. The number of rotatable bonds is 5. The van der Waals surface area contributed by atoms with Crippen LogP contribution in [0.2, 0.25) is 0 Å². The zero-order chi connectivity index (χ0) is 12.1. The lowest BCUT2D eigenvalue weighted by Crippen LogP contribution is -2.43. The van der Waals surface area contributed by atoms with Gasteiger partial charge in [-0.05, 0) is 24.7 Å². The maximum absolute atomic E-state index is 11.9. The normalized spacial score (nSPS) is 12.7. The maximum atomic E-state index is 11.9. The molecule has 0 unspecified atom stereocenters. The third-order valence-corrected chi connectivity index (χ3v) is 3.13. The van der Waals surface area contributed by atoms with Crippen LogP contribution >= 0.6 is 0 Å². The summed E-state index contributed by atoms with van der Waals surface area (Å²) < 4.78 is 35.8. The second-order valence-corrected chi connectivity index (χ2v) is 3.74. The van der Waals surface area contributed by atoms with Gasteiger partial charge in [-0.2, -0.15) is 13.2 Å². The summed E-state index contributed by atoms with van der Waals surface area (Å²) in [4.78, 5) is 10.6. The molecule has 0 spiro atoms. The van der Waals surface area contributed by atoms with Crippen LogP contribution in [-0.2, 0) is 4.79 Å². The minimum Gasteiger partial charge on any atom is -0.348 e. The number of alkyl halides is 3. The predicted molar refractivity (Wildman–Crippen MR) is 52.4 cm³/mol. The molecule has 0 saturated carbocycles. The molecule has 0 rings (SSSR count). The van der Waals surface area contributed by atoms with Crippen LogP contribution in [0.5, 0.6) is 0 Å². The van der Waals surface area contributed by atoms with Crippen molar-refractivity contribution in [2.24, 2.45) is 5.41 Å². The SMILES string of the molecule is CCC(CC)(CC)CNC(=O)C(F)(F)F. The molecule has 0 bridgehead atoms. The summed E-state index contributed by atoms with van der Waals surface area (Å²) in [6.07, 6.45) is -2.49. The van der Waals surface area contributed by atoms with E-state index >= 15 is 0 Å². The number of halogens is 3. The summed E-state index contributed by atoms with van der Waals surface area (Å²) in [5.74, 6) is -1.85. The number of carbonyl (C=O) groups excluding carboxylic acids is 1. The van der Waals surface area contributed by atoms with Gasteiger partial charge >= 0.3 is 12.1 Å². The van der Waals surface area contributed by atoms with E-state index in [1.165, 1.54) is 0 Å². The predicted octanol–water partition coefficient (Wildman–Crippen LogP) is 2.88. The van der Waals surface area contributed by atoms with Crippen LogP contribution in [0.3, 0.4) is 0 Å². The molecule has 0 fully saturated rings. The van der Waals surface area contributed by atoms with Crippen LogP contribution in [0.1, 0.15) is 40.0 Å². The summed E-state index contributed by atoms with van der Waals surface area (Å²) in [7, 11) is 0. The van der Waals surface area contributed by atoms with Crippen LogP contribution < -0.4 is 5.32 Å². The molecular formula is C10H18F3NO. The summed E-state index contributed by atoms with van der Waals surface area (Å²) in [6.45, 7) is 5.86. The Bertz CT molecular complexity index is 201. The van der Waals surface area contributed by atoms with Crippen LogP contribution in [-0.4, -0.2) is 18.6 Å². The highest BCUT2D eigenvalue weighted by atomic mass is 19.4. The Morgan fingerprint density at radius 1 is 1.07 bits per heavy atom. The van der Waals surface area contributed by atoms with Gasteiger partial charge in [-0.15, -0.1) is 0 Å². The molecule has 0 aromatic heterocycles. The van der Waals surface area contributed by atoms with Crippen molar-refractivity contribution in [1.29, 1.82) is 0 Å². The number of hydrogen-bond acceptors (Lipinski definition) is 1. The molecule has 2 nitrogen and oxygen atoms in total. The average Bonchev–Trinajstić information content (AvgIpc) is 2.19. The average molecular weight is 225 g/mol. The van der Waals surface area contributed by atoms with Crippen LogP contribution in [0, 0.1) is 5.41 Å². The maximum Gasteiger partial charge on any atom is 0.471 e. The highest BCUT2D eigenvalue weighted by Gasteiger charge is 2.39. The molecule has 5 heteroatoms. The molecule has 15 heavy (non-hydrogen) atoms. The lowest BCUT2D eigenvalue weighted by Gasteiger charge is -2.30. The second-order valence-electron chi connectivity index (χ2n) is 3.74. The third kappa shape index (κ3) is 4.10. The van der Waals surface area contributed by atoms with E-state index in [-0.39, 0.29) is 12.0 Å². The van der Waals surface area contributed by atoms with E-state index < -0.39 is 12.1 Å². The fourth-order valence-corrected chi connectivity index (χ4v) is 1.49. The van der Waals surface area contributed by atoms with Crippen molar-refractivity contribution >= 4 is 5.91 Å². The molecule has 0 aromatic carbocycles. The molecule has 1 N–H and O–H groups in total. The van der Waals surface area contributed by atoms with E-state index in [2.05, 4.69) is 0 Å². The molecule has 0 aliphatic rings. The van der Waals surface area contributed by atoms with Gasteiger partial charge in [-0.1, -0.05) is 20.8 Å². The van der Waals surface area contributed by atoms with Gasteiger partial charge in [-0.25, -0.2) is 0 Å². The molecule has 0 aliphatic carbocycles. The zero-order valence-corrected chi connectivity index (χ0v) is 9.37. The zero-order valence-electron chi connectivity index (χ0n) is 9.37. The van der Waals surface area contributed by atoms with Gasteiger partial charge in [0.2, 0.25) is 0 Å². The summed E-state index contributed by atoms with van der Waals surface area (Å²) in [5, 5.41) is 1.95. The number of nitrogens with one attached hydrogen (secondary N) is 1. The van der Waals surface area contributed by atoms with Crippen molar-refractivity contribution in [3.63, 3.8) is 0 Å². The van der Waals surface area contributed by atoms with Crippen LogP contribution in [0.4, 0.5) is 13.2 Å². The minimum atomic E-state index is -4.78. The Morgan fingerprint density at radius 3 is 1.73 bits per heavy atom. The van der Waals surface area contributed by atoms with Crippen molar-refractivity contribution in [2.75, 3.05) is 6.54 Å². The van der Waals surface area contributed by atoms with Gasteiger partial charge in [0.05, 0.1) is 0 Å². The number of hydrogen-bond donors (Lipinski definition) is 1. The highest BCUT2D eigenvalue weighted by Crippen LogP contribution is 2.29. The molecule has 0 aromatic rings. The van der Waals surface area contributed by atoms with E-state index in [4.69, 9.17) is 0 Å². The fourth-order valence-electron chi connectivity index (χ4n) is 1.49. The van der Waals surface area contributed by atoms with E-state index in [9.17, 15) is 18.0 Å². The first-order valence-electron chi connectivity index (χ1n) is 5.16. The Hall–Kier alpha value is -0.740. The van der Waals surface area contributed by atoms with E-state index in [1.54, 1.807) is 0 Å². The molecule has 0 heterocycles. The number of carbonyl (C=O) groups is 1. The number of amides is 1. The van der Waals surface area contributed by atoms with Crippen molar-refractivity contribution in [2.45, 2.75) is 46.2 Å². The Morgan fingerprint density at radius 2 is 1.47 bits per heavy atom. The first-order valence-corrected chi connectivity index (χ1v) is 5.16. The van der Waals surface area contributed by atoms with Gasteiger partial charge in [0.15, 0.2) is 0 Å². The summed E-state index contributed by atoms with van der Waals surface area (Å²) >= 11 is 0. The van der Waals surface area contributed by atoms with Gasteiger partial charge in [-0.3, -0.25) is 4.79 Å². The van der Waals surface area contributed by atoms with Crippen molar-refractivity contribution < 1.29 is 18.0 Å². The van der Waals surface area contributed by atoms with Gasteiger partial charge in [0.1, 0.15) is 0 Å². The molecule has 0 atom stereocenters. The standard InChI is InChI=1S/C10H18F3NO/c1-4-9(5-2,6-3)7-14-8(15)10(11,12)13/h4-7H2,1-3H3,(H,14,15). The first-order chi connectivity index (χ1) is 6.81. The van der Waals surface area contributed by atoms with E-state index in [0.717, 1.165) is 19.3 Å². The topological polar surface area (TPSA) is 29.1 Å². The van der Waals surface area contributed by atoms with Crippen molar-refractivity contribution in [3.8, 4) is 0 Å². The molecule has 0 radical (unpaired) electrons. The van der Waals surface area contributed by atoms with E-state index in [0.29, 0.717) is 0 Å². The Balaban J connectivity index is 4.29. The van der Waals surface area contributed by atoms with Crippen LogP contribution in [0.15, 0.2) is 0 Å². The summed E-state index contributed by atoms with van der Waals surface area (Å²) in [6, 6.07) is 0. The van der Waals surface area contributed by atoms with Crippen molar-refractivity contribution in [1.82, 2.24) is 5.32 Å². The molecule has 0 saturated heterocycles. The lowest BCUT2D eigenvalue weighted by atomic mass is 9.80. The molecular weight excluding hydrogens is 207 g/mol. The quantitative estimate of drug-likeness (QED) is 0.765. The van der Waals surface area contributed by atoms with E-state index in [1.807, 2.05) is 26.1 Å². The van der Waals surface area contributed by atoms with Gasteiger partial charge < -0.3 is 5.32 Å².